The van der Waals surface area contributed by atoms with Gasteiger partial charge in [-0.3, -0.25) is 9.36 Å². The van der Waals surface area contributed by atoms with Gasteiger partial charge in [-0.1, -0.05) is 29.1 Å². The van der Waals surface area contributed by atoms with E-state index in [2.05, 4.69) is 10.5 Å². The van der Waals surface area contributed by atoms with E-state index in [4.69, 9.17) is 16.7 Å². The first-order valence-electron chi connectivity index (χ1n) is 6.33. The summed E-state index contributed by atoms with van der Waals surface area (Å²) in [6, 6.07) is 3.89. The summed E-state index contributed by atoms with van der Waals surface area (Å²) < 4.78 is 7.62. The second-order valence-corrected chi connectivity index (χ2v) is 6.53. The Morgan fingerprint density at radius 1 is 1.38 bits per heavy atom. The largest absolute Gasteiger partial charge is 0.360 e. The van der Waals surface area contributed by atoms with Gasteiger partial charge in [-0.25, -0.2) is 0 Å². The minimum Gasteiger partial charge on any atom is -0.360 e. The first-order valence-corrected chi connectivity index (χ1v) is 7.55. The number of thiocarbonyl (C=S) groups is 1. The number of aromatic nitrogens is 2. The van der Waals surface area contributed by atoms with Crippen LogP contribution in [0.15, 0.2) is 21.6 Å². The van der Waals surface area contributed by atoms with Gasteiger partial charge in [-0.2, -0.15) is 0 Å². The molecule has 2 aromatic rings. The molecule has 1 fully saturated rings. The van der Waals surface area contributed by atoms with Crippen LogP contribution in [-0.2, 0) is 4.79 Å². The molecule has 1 N–H and O–H groups in total. The Bertz CT molecular complexity index is 786. The number of amides is 1. The van der Waals surface area contributed by atoms with Gasteiger partial charge in [0.25, 0.3) is 5.91 Å². The van der Waals surface area contributed by atoms with E-state index in [-0.39, 0.29) is 5.91 Å². The second kappa shape index (κ2) is 5.16. The Labute approximate surface area is 131 Å². The van der Waals surface area contributed by atoms with Crippen molar-refractivity contribution in [3.63, 3.8) is 0 Å². The fourth-order valence-corrected chi connectivity index (χ4v) is 3.34. The van der Waals surface area contributed by atoms with Crippen molar-refractivity contribution in [2.75, 3.05) is 0 Å². The van der Waals surface area contributed by atoms with E-state index < -0.39 is 0 Å². The molecule has 2 aromatic heterocycles. The van der Waals surface area contributed by atoms with Crippen molar-refractivity contribution in [1.29, 1.82) is 0 Å². The third-order valence-electron chi connectivity index (χ3n) is 3.24. The normalized spacial score (nSPS) is 16.8. The highest BCUT2D eigenvalue weighted by Gasteiger charge is 2.23. The van der Waals surface area contributed by atoms with Crippen LogP contribution in [0.5, 0.6) is 0 Å². The van der Waals surface area contributed by atoms with E-state index in [0.717, 1.165) is 28.5 Å². The molecular formula is C14H13N3O2S2. The number of thioether (sulfide) groups is 1. The lowest BCUT2D eigenvalue weighted by Crippen LogP contribution is -2.17. The van der Waals surface area contributed by atoms with Crippen molar-refractivity contribution in [1.82, 2.24) is 15.0 Å². The lowest BCUT2D eigenvalue weighted by atomic mass is 10.2. The second-order valence-electron chi connectivity index (χ2n) is 4.81. The molecule has 0 unspecified atom stereocenters. The van der Waals surface area contributed by atoms with Crippen LogP contribution in [0.3, 0.4) is 0 Å². The van der Waals surface area contributed by atoms with Gasteiger partial charge in [-0.05, 0) is 38.5 Å². The minimum atomic E-state index is -0.146. The number of carbonyl (C=O) groups excluding carboxylic acids is 1. The minimum absolute atomic E-state index is 0.146. The summed E-state index contributed by atoms with van der Waals surface area (Å²) in [5, 5.41) is 6.66. The summed E-state index contributed by atoms with van der Waals surface area (Å²) in [5.41, 5.74) is 2.99. The van der Waals surface area contributed by atoms with E-state index in [1.54, 1.807) is 0 Å². The van der Waals surface area contributed by atoms with Crippen LogP contribution in [-0.4, -0.2) is 20.0 Å². The molecule has 3 heterocycles. The van der Waals surface area contributed by atoms with Crippen LogP contribution in [0.25, 0.3) is 11.9 Å². The highest BCUT2D eigenvalue weighted by atomic mass is 32.2. The van der Waals surface area contributed by atoms with E-state index >= 15 is 0 Å². The van der Waals surface area contributed by atoms with Crippen molar-refractivity contribution in [2.45, 2.75) is 20.8 Å². The number of nitrogens with one attached hydrogen (secondary N) is 1. The number of aryl methyl sites for hydroxylation is 2. The zero-order chi connectivity index (χ0) is 15.1. The summed E-state index contributed by atoms with van der Waals surface area (Å²) in [7, 11) is 0. The predicted octanol–water partition coefficient (Wildman–Crippen LogP) is 2.88. The summed E-state index contributed by atoms with van der Waals surface area (Å²) in [4.78, 5) is 12.4. The maximum atomic E-state index is 11.7. The molecule has 0 saturated carbocycles. The van der Waals surface area contributed by atoms with Gasteiger partial charge in [0.05, 0.1) is 4.91 Å². The zero-order valence-electron chi connectivity index (χ0n) is 11.8. The Kier molecular flexibility index (Phi) is 3.46. The molecule has 1 amide bonds. The molecule has 7 heteroatoms. The van der Waals surface area contributed by atoms with Crippen LogP contribution >= 0.6 is 24.0 Å². The molecule has 1 aliphatic heterocycles. The van der Waals surface area contributed by atoms with E-state index in [1.165, 1.54) is 11.8 Å². The summed E-state index contributed by atoms with van der Waals surface area (Å²) in [6.45, 7) is 5.83. The molecular weight excluding hydrogens is 306 g/mol. The predicted molar refractivity (Wildman–Crippen MR) is 86.3 cm³/mol. The Hall–Kier alpha value is -1.86. The molecule has 0 spiro atoms. The number of carbonyl (C=O) groups is 1. The van der Waals surface area contributed by atoms with Crippen molar-refractivity contribution < 1.29 is 9.32 Å². The number of nitrogens with zero attached hydrogens (tertiary/aromatic N) is 2. The third kappa shape index (κ3) is 2.54. The van der Waals surface area contributed by atoms with Gasteiger partial charge in [-0.15, -0.1) is 0 Å². The fourth-order valence-electron chi connectivity index (χ4n) is 2.31. The topological polar surface area (TPSA) is 60.1 Å². The first kappa shape index (κ1) is 14.1. The molecule has 21 heavy (non-hydrogen) atoms. The van der Waals surface area contributed by atoms with Crippen LogP contribution in [0, 0.1) is 20.8 Å². The highest BCUT2D eigenvalue weighted by molar-refractivity contribution is 8.26. The maximum Gasteiger partial charge on any atom is 0.263 e. The number of hydrogen-bond acceptors (Lipinski definition) is 5. The molecule has 108 valence electrons. The van der Waals surface area contributed by atoms with Crippen LogP contribution in [0.4, 0.5) is 0 Å². The molecule has 0 aliphatic carbocycles. The van der Waals surface area contributed by atoms with Gasteiger partial charge in [0.2, 0.25) is 0 Å². The zero-order valence-corrected chi connectivity index (χ0v) is 13.4. The lowest BCUT2D eigenvalue weighted by Gasteiger charge is -2.04. The van der Waals surface area contributed by atoms with Crippen LogP contribution in [0.1, 0.15) is 22.7 Å². The molecule has 0 atom stereocenters. The average Bonchev–Trinajstić information content (AvgIpc) is 3.02. The first-order chi connectivity index (χ1) is 9.95. The van der Waals surface area contributed by atoms with Crippen LogP contribution < -0.4 is 5.32 Å². The fraction of sp³-hybridized carbons (Fsp3) is 0.214. The number of hydrogen-bond donors (Lipinski definition) is 1. The molecule has 1 saturated heterocycles. The Balaban J connectivity index is 2.04. The summed E-state index contributed by atoms with van der Waals surface area (Å²) >= 11 is 6.28. The van der Waals surface area contributed by atoms with Crippen molar-refractivity contribution in [2.24, 2.45) is 0 Å². The van der Waals surface area contributed by atoms with Gasteiger partial charge in [0, 0.05) is 17.5 Å². The monoisotopic (exact) mass is 319 g/mol. The average molecular weight is 319 g/mol. The van der Waals surface area contributed by atoms with E-state index in [0.29, 0.717) is 9.23 Å². The maximum absolute atomic E-state index is 11.7. The highest BCUT2D eigenvalue weighted by Crippen LogP contribution is 2.29. The van der Waals surface area contributed by atoms with Gasteiger partial charge < -0.3 is 9.84 Å². The Morgan fingerprint density at radius 2 is 2.14 bits per heavy atom. The third-order valence-corrected chi connectivity index (χ3v) is 4.41. The summed E-state index contributed by atoms with van der Waals surface area (Å²) in [5.74, 6) is 1.35. The molecule has 5 nitrogen and oxygen atoms in total. The smallest absolute Gasteiger partial charge is 0.263 e. The Morgan fingerprint density at radius 3 is 2.71 bits per heavy atom. The molecule has 0 radical (unpaired) electrons. The van der Waals surface area contributed by atoms with E-state index in [1.807, 2.05) is 43.5 Å². The van der Waals surface area contributed by atoms with Crippen LogP contribution in [0.2, 0.25) is 0 Å². The van der Waals surface area contributed by atoms with Gasteiger partial charge in [0.15, 0.2) is 5.82 Å². The lowest BCUT2D eigenvalue weighted by molar-refractivity contribution is -0.115. The standard InChI is InChI=1S/C14H13N3O2S2/c1-7-4-10(6-11-13(18)15-14(20)21-11)9(3)17(7)12-5-8(2)19-16-12/h4-6H,1-3H3,(H,15,18,20)/b11-6+. The molecule has 0 bridgehead atoms. The summed E-state index contributed by atoms with van der Waals surface area (Å²) in [6.07, 6.45) is 1.85. The molecule has 3 rings (SSSR count). The molecule has 1 aliphatic rings. The van der Waals surface area contributed by atoms with Gasteiger partial charge in [0.1, 0.15) is 10.1 Å². The van der Waals surface area contributed by atoms with Crippen molar-refractivity contribution >= 4 is 40.3 Å². The quantitative estimate of drug-likeness (QED) is 0.681. The van der Waals surface area contributed by atoms with E-state index in [9.17, 15) is 4.79 Å². The SMILES string of the molecule is Cc1cc(-n2c(C)cc(/C=C3/SC(=S)NC3=O)c2C)no1. The molecule has 0 aromatic carbocycles. The van der Waals surface area contributed by atoms with Crippen molar-refractivity contribution in [3.05, 3.63) is 39.7 Å². The van der Waals surface area contributed by atoms with Crippen molar-refractivity contribution in [3.8, 4) is 5.82 Å². The number of rotatable bonds is 2. The van der Waals surface area contributed by atoms with Gasteiger partial charge >= 0.3 is 0 Å².